The summed E-state index contributed by atoms with van der Waals surface area (Å²) >= 11 is 0. The van der Waals surface area contributed by atoms with Crippen LogP contribution in [0.3, 0.4) is 0 Å². The minimum atomic E-state index is -0.151. The standard InChI is InChI=1S/C14H14N4O2/c1-3-15-13(19)9-4-5-10-12(8-9)17(2)14(20)11-6-7-16-18(10)11/h4-8H,3H2,1-2H3,(H,15,19). The van der Waals surface area contributed by atoms with E-state index in [-0.39, 0.29) is 11.5 Å². The molecule has 0 aliphatic carbocycles. The van der Waals surface area contributed by atoms with Crippen LogP contribution in [0.4, 0.5) is 0 Å². The minimum Gasteiger partial charge on any atom is -0.352 e. The molecular formula is C14H14N4O2. The smallest absolute Gasteiger partial charge is 0.276 e. The maximum absolute atomic E-state index is 12.2. The maximum Gasteiger partial charge on any atom is 0.276 e. The highest BCUT2D eigenvalue weighted by Crippen LogP contribution is 2.15. The number of hydrogen-bond donors (Lipinski definition) is 1. The summed E-state index contributed by atoms with van der Waals surface area (Å²) < 4.78 is 3.13. The van der Waals surface area contributed by atoms with Crippen LogP contribution < -0.4 is 10.9 Å². The van der Waals surface area contributed by atoms with Crippen LogP contribution >= 0.6 is 0 Å². The van der Waals surface area contributed by atoms with E-state index in [9.17, 15) is 9.59 Å². The lowest BCUT2D eigenvalue weighted by atomic mass is 10.1. The number of carbonyl (C=O) groups is 1. The molecular weight excluding hydrogens is 256 g/mol. The van der Waals surface area contributed by atoms with Crippen LogP contribution in [0.15, 0.2) is 35.3 Å². The Hall–Kier alpha value is -2.63. The fourth-order valence-electron chi connectivity index (χ4n) is 2.31. The molecule has 6 heteroatoms. The number of fused-ring (bicyclic) bond motifs is 3. The van der Waals surface area contributed by atoms with Gasteiger partial charge >= 0.3 is 0 Å². The average molecular weight is 270 g/mol. The minimum absolute atomic E-state index is 0.136. The third-order valence-electron chi connectivity index (χ3n) is 3.33. The van der Waals surface area contributed by atoms with Crippen LogP contribution in [-0.4, -0.2) is 26.6 Å². The summed E-state index contributed by atoms with van der Waals surface area (Å²) in [5.74, 6) is -0.151. The average Bonchev–Trinajstić information content (AvgIpc) is 2.94. The first-order chi connectivity index (χ1) is 9.63. The molecule has 20 heavy (non-hydrogen) atoms. The molecule has 0 saturated heterocycles. The molecule has 0 aliphatic rings. The molecule has 0 unspecified atom stereocenters. The highest BCUT2D eigenvalue weighted by molar-refractivity contribution is 5.97. The third kappa shape index (κ3) is 1.69. The Morgan fingerprint density at radius 1 is 1.25 bits per heavy atom. The molecule has 1 aromatic carbocycles. The summed E-state index contributed by atoms with van der Waals surface area (Å²) in [5, 5.41) is 6.91. The van der Waals surface area contributed by atoms with E-state index in [1.54, 1.807) is 42.0 Å². The maximum atomic E-state index is 12.2. The van der Waals surface area contributed by atoms with Crippen molar-refractivity contribution in [3.63, 3.8) is 0 Å². The molecule has 0 radical (unpaired) electrons. The van der Waals surface area contributed by atoms with Crippen molar-refractivity contribution in [2.75, 3.05) is 6.54 Å². The molecule has 0 aliphatic heterocycles. The number of nitrogens with one attached hydrogen (secondary N) is 1. The number of rotatable bonds is 2. The van der Waals surface area contributed by atoms with Crippen LogP contribution in [0.5, 0.6) is 0 Å². The van der Waals surface area contributed by atoms with Crippen LogP contribution in [-0.2, 0) is 7.05 Å². The lowest BCUT2D eigenvalue weighted by molar-refractivity contribution is 0.0956. The number of amides is 1. The van der Waals surface area contributed by atoms with Crippen LogP contribution in [0, 0.1) is 0 Å². The van der Waals surface area contributed by atoms with Crippen molar-refractivity contribution in [2.24, 2.45) is 7.05 Å². The predicted molar refractivity (Wildman–Crippen MR) is 75.9 cm³/mol. The highest BCUT2D eigenvalue weighted by atomic mass is 16.1. The number of nitrogens with zero attached hydrogens (tertiary/aromatic N) is 3. The molecule has 1 amide bonds. The van der Waals surface area contributed by atoms with Crippen LogP contribution in [0.2, 0.25) is 0 Å². The van der Waals surface area contributed by atoms with Gasteiger partial charge in [-0.1, -0.05) is 0 Å². The van der Waals surface area contributed by atoms with Gasteiger partial charge < -0.3 is 9.88 Å². The van der Waals surface area contributed by atoms with Crippen molar-refractivity contribution in [1.29, 1.82) is 0 Å². The Labute approximate surface area is 114 Å². The number of aromatic nitrogens is 3. The molecule has 3 aromatic rings. The highest BCUT2D eigenvalue weighted by Gasteiger charge is 2.11. The van der Waals surface area contributed by atoms with Crippen molar-refractivity contribution < 1.29 is 4.79 Å². The molecule has 1 N–H and O–H groups in total. The molecule has 6 nitrogen and oxygen atoms in total. The first-order valence-electron chi connectivity index (χ1n) is 6.38. The number of aryl methyl sites for hydroxylation is 1. The first-order valence-corrected chi connectivity index (χ1v) is 6.38. The topological polar surface area (TPSA) is 68.4 Å². The fraction of sp³-hybridized carbons (Fsp3) is 0.214. The van der Waals surface area contributed by atoms with E-state index in [1.807, 2.05) is 6.92 Å². The van der Waals surface area contributed by atoms with Crippen molar-refractivity contribution in [3.8, 4) is 0 Å². The van der Waals surface area contributed by atoms with Gasteiger partial charge in [-0.25, -0.2) is 4.52 Å². The van der Waals surface area contributed by atoms with Gasteiger partial charge in [0.05, 0.1) is 17.2 Å². The number of carbonyl (C=O) groups excluding carboxylic acids is 1. The monoisotopic (exact) mass is 270 g/mol. The second kappa shape index (κ2) is 4.48. The van der Waals surface area contributed by atoms with E-state index in [1.165, 1.54) is 4.57 Å². The summed E-state index contributed by atoms with van der Waals surface area (Å²) in [7, 11) is 1.69. The molecule has 0 fully saturated rings. The lowest BCUT2D eigenvalue weighted by Gasteiger charge is -2.09. The van der Waals surface area contributed by atoms with Gasteiger partial charge in [-0.15, -0.1) is 0 Å². The van der Waals surface area contributed by atoms with Gasteiger partial charge in [-0.3, -0.25) is 9.59 Å². The molecule has 0 saturated carbocycles. The van der Waals surface area contributed by atoms with Gasteiger partial charge in [0.25, 0.3) is 11.5 Å². The summed E-state index contributed by atoms with van der Waals surface area (Å²) in [4.78, 5) is 24.1. The van der Waals surface area contributed by atoms with Crippen molar-refractivity contribution >= 4 is 22.5 Å². The van der Waals surface area contributed by atoms with Gasteiger partial charge in [0.2, 0.25) is 0 Å². The summed E-state index contributed by atoms with van der Waals surface area (Å²) in [6.45, 7) is 2.43. The molecule has 0 atom stereocenters. The van der Waals surface area contributed by atoms with Gasteiger partial charge in [-0.2, -0.15) is 5.10 Å². The zero-order valence-corrected chi connectivity index (χ0v) is 11.3. The molecule has 0 bridgehead atoms. The van der Waals surface area contributed by atoms with E-state index in [2.05, 4.69) is 10.4 Å². The zero-order chi connectivity index (χ0) is 14.3. The molecule has 2 heterocycles. The summed E-state index contributed by atoms with van der Waals surface area (Å²) in [5.41, 5.74) is 2.38. The lowest BCUT2D eigenvalue weighted by Crippen LogP contribution is -2.24. The predicted octanol–water partition coefficient (Wildman–Crippen LogP) is 0.936. The van der Waals surface area contributed by atoms with E-state index < -0.39 is 0 Å². The Bertz CT molecular complexity index is 876. The largest absolute Gasteiger partial charge is 0.352 e. The van der Waals surface area contributed by atoms with E-state index in [4.69, 9.17) is 0 Å². The Morgan fingerprint density at radius 2 is 2.05 bits per heavy atom. The molecule has 0 spiro atoms. The second-order valence-electron chi connectivity index (χ2n) is 4.56. The van der Waals surface area contributed by atoms with Crippen LogP contribution in [0.25, 0.3) is 16.6 Å². The third-order valence-corrected chi connectivity index (χ3v) is 3.33. The van der Waals surface area contributed by atoms with E-state index in [0.717, 1.165) is 5.52 Å². The van der Waals surface area contributed by atoms with Crippen molar-refractivity contribution in [1.82, 2.24) is 19.5 Å². The quantitative estimate of drug-likeness (QED) is 0.753. The van der Waals surface area contributed by atoms with Crippen LogP contribution in [0.1, 0.15) is 17.3 Å². The molecule has 2 aromatic heterocycles. The molecule has 102 valence electrons. The Kier molecular flexibility index (Phi) is 2.78. The fourth-order valence-corrected chi connectivity index (χ4v) is 2.31. The van der Waals surface area contributed by atoms with Gasteiger partial charge in [0, 0.05) is 19.2 Å². The number of benzene rings is 1. The van der Waals surface area contributed by atoms with Gasteiger partial charge in [-0.05, 0) is 31.2 Å². The van der Waals surface area contributed by atoms with E-state index in [0.29, 0.717) is 23.1 Å². The van der Waals surface area contributed by atoms with Gasteiger partial charge in [0.15, 0.2) is 0 Å². The van der Waals surface area contributed by atoms with Crippen molar-refractivity contribution in [2.45, 2.75) is 6.92 Å². The first kappa shape index (κ1) is 12.4. The Balaban J connectivity index is 2.34. The number of hydrogen-bond acceptors (Lipinski definition) is 3. The summed E-state index contributed by atoms with van der Waals surface area (Å²) in [6.07, 6.45) is 1.59. The van der Waals surface area contributed by atoms with Crippen molar-refractivity contribution in [3.05, 3.63) is 46.4 Å². The summed E-state index contributed by atoms with van der Waals surface area (Å²) in [6, 6.07) is 6.93. The SMILES string of the molecule is CCNC(=O)c1ccc2c(c1)n(C)c(=O)c1ccnn12. The van der Waals surface area contributed by atoms with E-state index >= 15 is 0 Å². The van der Waals surface area contributed by atoms with Gasteiger partial charge in [0.1, 0.15) is 5.52 Å². The zero-order valence-electron chi connectivity index (χ0n) is 11.3. The Morgan fingerprint density at radius 3 is 2.80 bits per heavy atom. The molecule has 3 rings (SSSR count). The second-order valence-corrected chi connectivity index (χ2v) is 4.56. The normalized spacial score (nSPS) is 11.1.